The molecule has 1 atom stereocenters. The fourth-order valence-electron chi connectivity index (χ4n) is 2.66. The standard InChI is InChI=1S/C21H21ClN2O2S/c1-13-5-4-6-14(2)20(13)23-21(25)15(3)27-12-18-11-19(24-26-18)16-7-9-17(22)10-8-16/h4-11,15H,12H2,1-3H3,(H,23,25). The molecule has 0 spiro atoms. The van der Waals surface area contributed by atoms with Crippen LogP contribution in [0.2, 0.25) is 5.02 Å². The van der Waals surface area contributed by atoms with Gasteiger partial charge in [-0.05, 0) is 44.0 Å². The topological polar surface area (TPSA) is 55.1 Å². The van der Waals surface area contributed by atoms with Crippen molar-refractivity contribution < 1.29 is 9.32 Å². The van der Waals surface area contributed by atoms with Crippen LogP contribution in [0, 0.1) is 13.8 Å². The van der Waals surface area contributed by atoms with Crippen LogP contribution in [0.4, 0.5) is 5.69 Å². The molecule has 4 nitrogen and oxygen atoms in total. The molecule has 1 amide bonds. The smallest absolute Gasteiger partial charge is 0.237 e. The maximum absolute atomic E-state index is 12.5. The zero-order valence-corrected chi connectivity index (χ0v) is 17.0. The van der Waals surface area contributed by atoms with Gasteiger partial charge < -0.3 is 9.84 Å². The van der Waals surface area contributed by atoms with Gasteiger partial charge >= 0.3 is 0 Å². The monoisotopic (exact) mass is 400 g/mol. The van der Waals surface area contributed by atoms with E-state index in [1.165, 1.54) is 11.8 Å². The van der Waals surface area contributed by atoms with Crippen LogP contribution >= 0.6 is 23.4 Å². The lowest BCUT2D eigenvalue weighted by molar-refractivity contribution is -0.115. The molecule has 6 heteroatoms. The summed E-state index contributed by atoms with van der Waals surface area (Å²) >= 11 is 7.42. The molecule has 0 radical (unpaired) electrons. The molecule has 0 aliphatic carbocycles. The summed E-state index contributed by atoms with van der Waals surface area (Å²) in [5.74, 6) is 1.29. The van der Waals surface area contributed by atoms with Gasteiger partial charge in [-0.3, -0.25) is 4.79 Å². The third kappa shape index (κ3) is 4.93. The number of aromatic nitrogens is 1. The van der Waals surface area contributed by atoms with E-state index in [9.17, 15) is 4.79 Å². The Kier molecular flexibility index (Phi) is 6.24. The van der Waals surface area contributed by atoms with E-state index in [-0.39, 0.29) is 11.2 Å². The minimum absolute atomic E-state index is 0.0187. The molecule has 1 unspecified atom stereocenters. The second-order valence-electron chi connectivity index (χ2n) is 6.39. The number of nitrogens with one attached hydrogen (secondary N) is 1. The summed E-state index contributed by atoms with van der Waals surface area (Å²) in [6.07, 6.45) is 0. The first-order valence-electron chi connectivity index (χ1n) is 8.64. The normalized spacial score (nSPS) is 12.0. The second kappa shape index (κ2) is 8.63. The number of aryl methyl sites for hydroxylation is 2. The van der Waals surface area contributed by atoms with Gasteiger partial charge in [-0.2, -0.15) is 0 Å². The number of carbonyl (C=O) groups excluding carboxylic acids is 1. The van der Waals surface area contributed by atoms with Crippen LogP contribution < -0.4 is 5.32 Å². The van der Waals surface area contributed by atoms with Crippen molar-refractivity contribution in [2.24, 2.45) is 0 Å². The second-order valence-corrected chi connectivity index (χ2v) is 8.16. The molecule has 3 aromatic rings. The molecule has 0 saturated heterocycles. The Labute approximate surface area is 168 Å². The van der Waals surface area contributed by atoms with Crippen molar-refractivity contribution in [1.29, 1.82) is 0 Å². The average Bonchev–Trinajstić information content (AvgIpc) is 3.12. The van der Waals surface area contributed by atoms with Crippen molar-refractivity contribution in [2.75, 3.05) is 5.32 Å². The summed E-state index contributed by atoms with van der Waals surface area (Å²) in [5.41, 5.74) is 4.71. The zero-order valence-electron chi connectivity index (χ0n) is 15.5. The summed E-state index contributed by atoms with van der Waals surface area (Å²) < 4.78 is 5.40. The first kappa shape index (κ1) is 19.5. The van der Waals surface area contributed by atoms with Crippen LogP contribution in [0.3, 0.4) is 0 Å². The Hall–Kier alpha value is -2.24. The molecule has 2 aromatic carbocycles. The minimum atomic E-state index is -0.215. The van der Waals surface area contributed by atoms with Gasteiger partial charge in [-0.15, -0.1) is 11.8 Å². The van der Waals surface area contributed by atoms with Gasteiger partial charge in [0.1, 0.15) is 11.5 Å². The van der Waals surface area contributed by atoms with Crippen LogP contribution in [-0.2, 0) is 10.5 Å². The SMILES string of the molecule is Cc1cccc(C)c1NC(=O)C(C)SCc1cc(-c2ccc(Cl)cc2)no1. The molecule has 27 heavy (non-hydrogen) atoms. The molecule has 0 aliphatic rings. The largest absolute Gasteiger partial charge is 0.360 e. The molecule has 1 heterocycles. The summed E-state index contributed by atoms with van der Waals surface area (Å²) in [5, 5.41) is 7.60. The van der Waals surface area contributed by atoms with E-state index in [1.807, 2.05) is 69.3 Å². The number of halogens is 1. The molecule has 0 aliphatic heterocycles. The summed E-state index contributed by atoms with van der Waals surface area (Å²) in [6, 6.07) is 15.3. The van der Waals surface area contributed by atoms with Gasteiger partial charge in [0, 0.05) is 22.3 Å². The third-order valence-electron chi connectivity index (χ3n) is 4.27. The van der Waals surface area contributed by atoms with Gasteiger partial charge in [0.15, 0.2) is 0 Å². The number of carbonyl (C=O) groups is 1. The highest BCUT2D eigenvalue weighted by Crippen LogP contribution is 2.26. The number of hydrogen-bond donors (Lipinski definition) is 1. The number of benzene rings is 2. The van der Waals surface area contributed by atoms with Gasteiger partial charge in [-0.1, -0.05) is 47.1 Å². The van der Waals surface area contributed by atoms with Crippen molar-refractivity contribution in [3.05, 3.63) is 70.4 Å². The van der Waals surface area contributed by atoms with E-state index in [0.29, 0.717) is 10.8 Å². The van der Waals surface area contributed by atoms with Crippen LogP contribution in [0.15, 0.2) is 53.1 Å². The van der Waals surface area contributed by atoms with E-state index < -0.39 is 0 Å². The molecule has 140 valence electrons. The van der Waals surface area contributed by atoms with E-state index in [4.69, 9.17) is 16.1 Å². The van der Waals surface area contributed by atoms with E-state index in [0.717, 1.165) is 33.8 Å². The summed E-state index contributed by atoms with van der Waals surface area (Å²) in [7, 11) is 0. The Morgan fingerprint density at radius 2 is 1.85 bits per heavy atom. The van der Waals surface area contributed by atoms with Crippen molar-refractivity contribution >= 4 is 35.0 Å². The fraction of sp³-hybridized carbons (Fsp3) is 0.238. The van der Waals surface area contributed by atoms with E-state index >= 15 is 0 Å². The van der Waals surface area contributed by atoms with Crippen molar-refractivity contribution in [3.63, 3.8) is 0 Å². The first-order valence-corrected chi connectivity index (χ1v) is 10.1. The van der Waals surface area contributed by atoms with Crippen LogP contribution in [0.1, 0.15) is 23.8 Å². The van der Waals surface area contributed by atoms with Crippen LogP contribution in [0.25, 0.3) is 11.3 Å². The molecule has 0 saturated carbocycles. The van der Waals surface area contributed by atoms with Gasteiger partial charge in [0.05, 0.1) is 11.0 Å². The number of anilines is 1. The number of hydrogen-bond acceptors (Lipinski definition) is 4. The van der Waals surface area contributed by atoms with Crippen molar-refractivity contribution in [2.45, 2.75) is 31.8 Å². The zero-order chi connectivity index (χ0) is 19.4. The van der Waals surface area contributed by atoms with E-state index in [1.54, 1.807) is 0 Å². The molecule has 1 aromatic heterocycles. The van der Waals surface area contributed by atoms with Crippen LogP contribution in [-0.4, -0.2) is 16.3 Å². The molecule has 0 bridgehead atoms. The highest BCUT2D eigenvalue weighted by Gasteiger charge is 2.17. The van der Waals surface area contributed by atoms with Crippen molar-refractivity contribution in [1.82, 2.24) is 5.16 Å². The summed E-state index contributed by atoms with van der Waals surface area (Å²) in [4.78, 5) is 12.5. The number of amides is 1. The maximum Gasteiger partial charge on any atom is 0.237 e. The first-order chi connectivity index (χ1) is 12.9. The lowest BCUT2D eigenvalue weighted by atomic mass is 10.1. The minimum Gasteiger partial charge on any atom is -0.360 e. The van der Waals surface area contributed by atoms with E-state index in [2.05, 4.69) is 10.5 Å². The van der Waals surface area contributed by atoms with Crippen LogP contribution in [0.5, 0.6) is 0 Å². The lowest BCUT2D eigenvalue weighted by Gasteiger charge is -2.14. The predicted octanol–water partition coefficient (Wildman–Crippen LogP) is 5.87. The van der Waals surface area contributed by atoms with Gasteiger partial charge in [0.25, 0.3) is 0 Å². The quantitative estimate of drug-likeness (QED) is 0.562. The highest BCUT2D eigenvalue weighted by atomic mass is 35.5. The predicted molar refractivity (Wildman–Crippen MR) is 112 cm³/mol. The maximum atomic E-state index is 12.5. The third-order valence-corrected chi connectivity index (χ3v) is 5.69. The Bertz CT molecular complexity index is 917. The Balaban J connectivity index is 1.58. The molecule has 3 rings (SSSR count). The molecule has 0 fully saturated rings. The summed E-state index contributed by atoms with van der Waals surface area (Å²) in [6.45, 7) is 5.88. The van der Waals surface area contributed by atoms with Crippen molar-refractivity contribution in [3.8, 4) is 11.3 Å². The molecular weight excluding hydrogens is 380 g/mol. The van der Waals surface area contributed by atoms with Gasteiger partial charge in [-0.25, -0.2) is 0 Å². The lowest BCUT2D eigenvalue weighted by Crippen LogP contribution is -2.23. The Morgan fingerprint density at radius 3 is 2.52 bits per heavy atom. The highest BCUT2D eigenvalue weighted by molar-refractivity contribution is 7.99. The number of para-hydroxylation sites is 1. The average molecular weight is 401 g/mol. The number of nitrogens with zero attached hydrogens (tertiary/aromatic N) is 1. The Morgan fingerprint density at radius 1 is 1.19 bits per heavy atom. The fourth-order valence-corrected chi connectivity index (χ4v) is 3.54. The van der Waals surface area contributed by atoms with Gasteiger partial charge in [0.2, 0.25) is 5.91 Å². The molecule has 1 N–H and O–H groups in total. The number of thioether (sulfide) groups is 1. The number of rotatable bonds is 6. The molecular formula is C21H21ClN2O2S.